The summed E-state index contributed by atoms with van der Waals surface area (Å²) in [6, 6.07) is 66.4. The van der Waals surface area contributed by atoms with Crippen LogP contribution in [-0.4, -0.2) is 0 Å². The predicted octanol–water partition coefficient (Wildman–Crippen LogP) is 14.4. The lowest BCUT2D eigenvalue weighted by atomic mass is 9.83. The number of fused-ring (bicyclic) bond motifs is 8. The summed E-state index contributed by atoms with van der Waals surface area (Å²) in [6.45, 7) is 0. The Kier molecular flexibility index (Phi) is 6.02. The Hall–Kier alpha value is -6.70. The van der Waals surface area contributed by atoms with Crippen molar-refractivity contribution >= 4 is 75.8 Å². The number of furan rings is 1. The van der Waals surface area contributed by atoms with Gasteiger partial charge < -0.3 is 4.42 Å². The first-order valence-electron chi connectivity index (χ1n) is 17.6. The number of para-hydroxylation sites is 1. The first-order chi connectivity index (χ1) is 25.3. The molecule has 1 aromatic heterocycles. The van der Waals surface area contributed by atoms with Crippen LogP contribution in [0.5, 0.6) is 0 Å². The molecule has 0 unspecified atom stereocenters. The third-order valence-corrected chi connectivity index (χ3v) is 10.9. The second-order valence-corrected chi connectivity index (χ2v) is 13.5. The molecular weight excluding hydrogens is 617 g/mol. The van der Waals surface area contributed by atoms with Crippen molar-refractivity contribution < 1.29 is 4.42 Å². The van der Waals surface area contributed by atoms with Crippen LogP contribution in [0.25, 0.3) is 109 Å². The minimum atomic E-state index is 0.918. The zero-order chi connectivity index (χ0) is 33.5. The third kappa shape index (κ3) is 4.16. The molecule has 1 nitrogen and oxygen atoms in total. The van der Waals surface area contributed by atoms with Gasteiger partial charge in [0.1, 0.15) is 11.2 Å². The highest BCUT2D eigenvalue weighted by molar-refractivity contribution is 6.26. The Balaban J connectivity index is 1.19. The van der Waals surface area contributed by atoms with E-state index in [0.717, 1.165) is 21.9 Å². The maximum absolute atomic E-state index is 6.36. The quantitative estimate of drug-likeness (QED) is 0.174. The minimum Gasteiger partial charge on any atom is -0.456 e. The molecule has 1 heteroatoms. The fourth-order valence-electron chi connectivity index (χ4n) is 8.64. The largest absolute Gasteiger partial charge is 0.456 e. The van der Waals surface area contributed by atoms with Crippen LogP contribution in [0, 0.1) is 0 Å². The third-order valence-electron chi connectivity index (χ3n) is 10.9. The zero-order valence-electron chi connectivity index (χ0n) is 27.7. The molecule has 0 fully saturated rings. The van der Waals surface area contributed by atoms with E-state index in [9.17, 15) is 0 Å². The van der Waals surface area contributed by atoms with Crippen molar-refractivity contribution in [3.63, 3.8) is 0 Å². The van der Waals surface area contributed by atoms with E-state index in [1.54, 1.807) is 0 Å². The van der Waals surface area contributed by atoms with Crippen LogP contribution in [0.15, 0.2) is 186 Å². The number of hydrogen-bond acceptors (Lipinski definition) is 1. The molecule has 0 radical (unpaired) electrons. The van der Waals surface area contributed by atoms with Crippen molar-refractivity contribution in [3.8, 4) is 33.4 Å². The van der Waals surface area contributed by atoms with E-state index in [0.29, 0.717) is 0 Å². The van der Waals surface area contributed by atoms with Crippen LogP contribution >= 0.6 is 0 Å². The SMILES string of the molecule is c1cc(-c2ccc(-c3c4ccccc4c(-c4cccc5ccccc45)c4ccccc34)c3ccccc23)c2cc3oc4ccccc4c3cc2c1. The highest BCUT2D eigenvalue weighted by atomic mass is 16.3. The summed E-state index contributed by atoms with van der Waals surface area (Å²) in [5.41, 5.74) is 9.33. The Bertz CT molecular complexity index is 3130. The van der Waals surface area contributed by atoms with Gasteiger partial charge in [0.05, 0.1) is 0 Å². The summed E-state index contributed by atoms with van der Waals surface area (Å²) in [6.07, 6.45) is 0. The Labute approximate surface area is 294 Å². The predicted molar refractivity (Wildman–Crippen MR) is 218 cm³/mol. The minimum absolute atomic E-state index is 0.918. The second-order valence-electron chi connectivity index (χ2n) is 13.5. The Morgan fingerprint density at radius 2 is 0.686 bits per heavy atom. The summed E-state index contributed by atoms with van der Waals surface area (Å²) in [4.78, 5) is 0. The number of hydrogen-bond donors (Lipinski definition) is 0. The monoisotopic (exact) mass is 646 g/mol. The molecule has 1 heterocycles. The molecular formula is C50H30O. The van der Waals surface area contributed by atoms with Crippen LogP contribution < -0.4 is 0 Å². The zero-order valence-corrected chi connectivity index (χ0v) is 27.7. The average Bonchev–Trinajstić information content (AvgIpc) is 3.56. The molecule has 0 atom stereocenters. The van der Waals surface area contributed by atoms with Crippen LogP contribution in [0.1, 0.15) is 0 Å². The van der Waals surface area contributed by atoms with Gasteiger partial charge in [-0.15, -0.1) is 0 Å². The molecule has 0 bridgehead atoms. The normalized spacial score (nSPS) is 11.9. The summed E-state index contributed by atoms with van der Waals surface area (Å²) in [7, 11) is 0. The summed E-state index contributed by atoms with van der Waals surface area (Å²) in [5.74, 6) is 0. The Morgan fingerprint density at radius 3 is 1.37 bits per heavy atom. The molecule has 10 aromatic carbocycles. The first kappa shape index (κ1) is 28.2. The van der Waals surface area contributed by atoms with Gasteiger partial charge in [-0.2, -0.15) is 0 Å². The molecule has 11 aromatic rings. The molecule has 0 N–H and O–H groups in total. The standard InChI is InChI=1S/C50H30O/c1-2-16-33-31(13-1)14-11-25-39(33)49-40-20-5-7-22-42(40)50(43-23-8-6-21-41(43)49)44-28-27-37(34-17-3-4-18-35(34)44)36-24-12-15-32-29-46-38-19-9-10-26-47(38)51-48(46)30-45(32)36/h1-30H. The molecule has 0 saturated heterocycles. The lowest BCUT2D eigenvalue weighted by Gasteiger charge is -2.20. The van der Waals surface area contributed by atoms with Gasteiger partial charge in [-0.05, 0) is 105 Å². The van der Waals surface area contributed by atoms with Gasteiger partial charge in [-0.25, -0.2) is 0 Å². The van der Waals surface area contributed by atoms with E-state index in [-0.39, 0.29) is 0 Å². The van der Waals surface area contributed by atoms with Crippen molar-refractivity contribution in [2.24, 2.45) is 0 Å². The molecule has 11 rings (SSSR count). The summed E-state index contributed by atoms with van der Waals surface area (Å²) >= 11 is 0. The van der Waals surface area contributed by atoms with Gasteiger partial charge in [-0.1, -0.05) is 164 Å². The van der Waals surface area contributed by atoms with Gasteiger partial charge in [0.25, 0.3) is 0 Å². The molecule has 0 aliphatic carbocycles. The van der Waals surface area contributed by atoms with Crippen LogP contribution in [0.3, 0.4) is 0 Å². The van der Waals surface area contributed by atoms with Crippen molar-refractivity contribution in [2.45, 2.75) is 0 Å². The van der Waals surface area contributed by atoms with E-state index in [4.69, 9.17) is 4.42 Å². The van der Waals surface area contributed by atoms with Crippen LogP contribution in [0.4, 0.5) is 0 Å². The topological polar surface area (TPSA) is 13.1 Å². The van der Waals surface area contributed by atoms with E-state index < -0.39 is 0 Å². The van der Waals surface area contributed by atoms with Gasteiger partial charge in [0.2, 0.25) is 0 Å². The lowest BCUT2D eigenvalue weighted by Crippen LogP contribution is -1.93. The van der Waals surface area contributed by atoms with Gasteiger partial charge >= 0.3 is 0 Å². The van der Waals surface area contributed by atoms with Crippen molar-refractivity contribution in [1.29, 1.82) is 0 Å². The number of rotatable bonds is 3. The Morgan fingerprint density at radius 1 is 0.235 bits per heavy atom. The molecule has 0 amide bonds. The van der Waals surface area contributed by atoms with Gasteiger partial charge in [-0.3, -0.25) is 0 Å². The summed E-state index contributed by atoms with van der Waals surface area (Å²) in [5, 5.41) is 14.8. The molecule has 0 spiro atoms. The lowest BCUT2D eigenvalue weighted by molar-refractivity contribution is 0.669. The maximum Gasteiger partial charge on any atom is 0.136 e. The molecule has 236 valence electrons. The van der Waals surface area contributed by atoms with E-state index in [2.05, 4.69) is 176 Å². The van der Waals surface area contributed by atoms with Crippen molar-refractivity contribution in [1.82, 2.24) is 0 Å². The average molecular weight is 647 g/mol. The first-order valence-corrected chi connectivity index (χ1v) is 17.6. The van der Waals surface area contributed by atoms with E-state index in [1.165, 1.54) is 87.2 Å². The van der Waals surface area contributed by atoms with E-state index >= 15 is 0 Å². The highest BCUT2D eigenvalue weighted by Crippen LogP contribution is 2.48. The van der Waals surface area contributed by atoms with Crippen LogP contribution in [-0.2, 0) is 0 Å². The van der Waals surface area contributed by atoms with E-state index in [1.807, 2.05) is 6.07 Å². The maximum atomic E-state index is 6.36. The molecule has 0 aliphatic rings. The second kappa shape index (κ2) is 10.9. The van der Waals surface area contributed by atoms with Crippen LogP contribution in [0.2, 0.25) is 0 Å². The fraction of sp³-hybridized carbons (Fsp3) is 0. The van der Waals surface area contributed by atoms with Crippen molar-refractivity contribution in [2.75, 3.05) is 0 Å². The molecule has 51 heavy (non-hydrogen) atoms. The molecule has 0 aliphatic heterocycles. The van der Waals surface area contributed by atoms with Gasteiger partial charge in [0, 0.05) is 10.8 Å². The smallest absolute Gasteiger partial charge is 0.136 e. The highest BCUT2D eigenvalue weighted by Gasteiger charge is 2.20. The van der Waals surface area contributed by atoms with Gasteiger partial charge in [0.15, 0.2) is 0 Å². The summed E-state index contributed by atoms with van der Waals surface area (Å²) < 4.78 is 6.36. The number of benzene rings is 10. The fourth-order valence-corrected chi connectivity index (χ4v) is 8.64. The molecule has 0 saturated carbocycles. The van der Waals surface area contributed by atoms with Crippen molar-refractivity contribution in [3.05, 3.63) is 182 Å².